The molecule has 14 aromatic carbocycles. The van der Waals surface area contributed by atoms with Crippen molar-refractivity contribution in [3.8, 4) is 50.4 Å². The third-order valence-electron chi connectivity index (χ3n) is 22.7. The van der Waals surface area contributed by atoms with Crippen LogP contribution in [0.2, 0.25) is 0 Å². The van der Waals surface area contributed by atoms with Crippen molar-refractivity contribution in [3.63, 3.8) is 0 Å². The Hall–Kier alpha value is -11.9. The van der Waals surface area contributed by atoms with Crippen molar-refractivity contribution in [3.05, 3.63) is 325 Å². The molecule has 0 amide bonds. The van der Waals surface area contributed by atoms with E-state index in [1.165, 1.54) is 32.9 Å². The summed E-state index contributed by atoms with van der Waals surface area (Å²) in [5.41, 5.74) is 28.7. The first-order valence-corrected chi connectivity index (χ1v) is 37.4. The van der Waals surface area contributed by atoms with Gasteiger partial charge in [0.15, 0.2) is 0 Å². The standard InChI is InChI=1S/C100H86BN5/c1-97(2,3)66-44-51-88-79(54-66)80-55-67(98(4,5)6)45-52-89(80)104(88)72-47-50-83-92(62-72)106(96-77(64-32-18-14-19-33-64)56-68(99(7,8)9)57-78(96)65-34-20-15-21-35-65)94-59-69(100(10,11)12)58-93-95(94)101(83)82-49-46-71(61-91(82)105(93)84-40-26-22-36-73(84)63-30-16-13-17-31-63)103-87-43-29-25-39-76(87)81-60-70(48-53-90(81)103)102-85-41-27-23-37-74(85)75-38-24-28-42-86(75)102/h13-62H,1-12H3/i25D,29D,39D,43D. The van der Waals surface area contributed by atoms with Gasteiger partial charge >= 0.3 is 0 Å². The lowest BCUT2D eigenvalue weighted by Gasteiger charge is -2.46. The average molecular weight is 1370 g/mol. The molecule has 0 saturated carbocycles. The van der Waals surface area contributed by atoms with Gasteiger partial charge in [0.25, 0.3) is 6.71 Å². The number of benzene rings is 14. The molecule has 6 heteroatoms. The van der Waals surface area contributed by atoms with Crippen LogP contribution in [0.15, 0.2) is 303 Å². The van der Waals surface area contributed by atoms with Crippen LogP contribution in [0.4, 0.5) is 34.1 Å². The quantitative estimate of drug-likeness (QED) is 0.141. The molecule has 0 bridgehead atoms. The third-order valence-corrected chi connectivity index (χ3v) is 22.7. The Labute approximate surface area is 628 Å². The van der Waals surface area contributed by atoms with E-state index in [1.807, 2.05) is 0 Å². The van der Waals surface area contributed by atoms with Gasteiger partial charge in [0.2, 0.25) is 0 Å². The number of hydrogen-bond donors (Lipinski definition) is 0. The third kappa shape index (κ3) is 10.3. The van der Waals surface area contributed by atoms with Gasteiger partial charge in [0, 0.05) is 88.8 Å². The molecule has 2 aliphatic rings. The maximum Gasteiger partial charge on any atom is 0.252 e. The van der Waals surface area contributed by atoms with Crippen molar-refractivity contribution in [2.24, 2.45) is 0 Å². The van der Waals surface area contributed by atoms with E-state index < -0.39 is 0 Å². The van der Waals surface area contributed by atoms with Gasteiger partial charge < -0.3 is 23.5 Å². The van der Waals surface area contributed by atoms with Crippen molar-refractivity contribution in [2.45, 2.75) is 105 Å². The summed E-state index contributed by atoms with van der Waals surface area (Å²) in [5, 5.41) is 5.91. The molecule has 0 radical (unpaired) electrons. The summed E-state index contributed by atoms with van der Waals surface area (Å²) in [6.07, 6.45) is 0. The van der Waals surface area contributed by atoms with Gasteiger partial charge in [-0.2, -0.15) is 0 Å². The monoisotopic (exact) mass is 1370 g/mol. The Morgan fingerprint density at radius 2 is 0.651 bits per heavy atom. The van der Waals surface area contributed by atoms with Gasteiger partial charge in [0.05, 0.1) is 50.0 Å². The Balaban J connectivity index is 0.951. The summed E-state index contributed by atoms with van der Waals surface area (Å²) >= 11 is 0. The number of nitrogens with zero attached hydrogens (tertiary/aromatic N) is 5. The van der Waals surface area contributed by atoms with Crippen molar-refractivity contribution in [1.82, 2.24) is 13.7 Å². The van der Waals surface area contributed by atoms with E-state index >= 15 is 0 Å². The van der Waals surface area contributed by atoms with Gasteiger partial charge in [-0.3, -0.25) is 0 Å². The van der Waals surface area contributed by atoms with Gasteiger partial charge in [-0.05, 0) is 192 Å². The summed E-state index contributed by atoms with van der Waals surface area (Å²) < 4.78 is 45.7. The summed E-state index contributed by atoms with van der Waals surface area (Å²) in [4.78, 5) is 5.20. The minimum absolute atomic E-state index is 0.0801. The summed E-state index contributed by atoms with van der Waals surface area (Å²) in [5.74, 6) is 0. The Bertz CT molecular complexity index is 6510. The lowest BCUT2D eigenvalue weighted by Crippen LogP contribution is -2.61. The van der Waals surface area contributed by atoms with Crippen molar-refractivity contribution in [2.75, 3.05) is 9.80 Å². The minimum Gasteiger partial charge on any atom is -0.311 e. The summed E-state index contributed by atoms with van der Waals surface area (Å²) in [6, 6.07) is 103. The maximum atomic E-state index is 10.1. The van der Waals surface area contributed by atoms with E-state index in [-0.39, 0.29) is 52.5 Å². The van der Waals surface area contributed by atoms with Gasteiger partial charge in [-0.25, -0.2) is 0 Å². The number of rotatable bonds is 8. The number of fused-ring (bicyclic) bond motifs is 13. The van der Waals surface area contributed by atoms with Crippen LogP contribution in [0.25, 0.3) is 116 Å². The van der Waals surface area contributed by atoms with Crippen LogP contribution in [0, 0.1) is 0 Å². The molecule has 0 saturated heterocycles. The molecule has 0 atom stereocenters. The molecule has 0 fully saturated rings. The second kappa shape index (κ2) is 23.8. The van der Waals surface area contributed by atoms with Crippen molar-refractivity contribution < 1.29 is 5.48 Å². The van der Waals surface area contributed by atoms with Crippen LogP contribution < -0.4 is 26.2 Å². The first-order valence-electron chi connectivity index (χ1n) is 39.4. The van der Waals surface area contributed by atoms with Gasteiger partial charge in [-0.1, -0.05) is 271 Å². The first-order chi connectivity index (χ1) is 52.8. The number of aromatic nitrogens is 3. The number of anilines is 6. The van der Waals surface area contributed by atoms with Crippen LogP contribution >= 0.6 is 0 Å². The van der Waals surface area contributed by atoms with E-state index in [4.69, 9.17) is 0 Å². The lowest BCUT2D eigenvalue weighted by molar-refractivity contribution is 0.590. The van der Waals surface area contributed by atoms with Gasteiger partial charge in [0.1, 0.15) is 0 Å². The highest BCUT2D eigenvalue weighted by molar-refractivity contribution is 7.00. The summed E-state index contributed by atoms with van der Waals surface area (Å²) in [7, 11) is 0. The number of para-hydroxylation sites is 4. The minimum atomic E-state index is -0.382. The first kappa shape index (κ1) is 60.6. The molecule has 0 spiro atoms. The second-order valence-corrected chi connectivity index (χ2v) is 33.5. The molecule has 0 N–H and O–H groups in total. The fourth-order valence-electron chi connectivity index (χ4n) is 17.2. The molecule has 19 rings (SSSR count). The average Bonchev–Trinajstić information content (AvgIpc) is 0.772. The largest absolute Gasteiger partial charge is 0.311 e. The van der Waals surface area contributed by atoms with E-state index in [0.717, 1.165) is 145 Å². The molecule has 106 heavy (non-hydrogen) atoms. The highest BCUT2D eigenvalue weighted by Crippen LogP contribution is 2.54. The van der Waals surface area contributed by atoms with Crippen LogP contribution in [0.3, 0.4) is 0 Å². The molecule has 17 aromatic rings. The Morgan fingerprint density at radius 1 is 0.264 bits per heavy atom. The van der Waals surface area contributed by atoms with E-state index in [9.17, 15) is 5.48 Å². The fourth-order valence-corrected chi connectivity index (χ4v) is 17.2. The molecule has 0 unspecified atom stereocenters. The highest BCUT2D eigenvalue weighted by atomic mass is 15.2. The zero-order chi connectivity index (χ0) is 75.9. The van der Waals surface area contributed by atoms with Crippen LogP contribution in [0.1, 0.15) is 111 Å². The zero-order valence-corrected chi connectivity index (χ0v) is 62.4. The molecule has 514 valence electrons. The molecule has 0 aliphatic carbocycles. The summed E-state index contributed by atoms with van der Waals surface area (Å²) in [6.45, 7) is 27.5. The topological polar surface area (TPSA) is 21.3 Å². The highest BCUT2D eigenvalue weighted by Gasteiger charge is 2.46. The van der Waals surface area contributed by atoms with Crippen molar-refractivity contribution >= 4 is 123 Å². The normalized spacial score (nSPS) is 13.8. The predicted molar refractivity (Wildman–Crippen MR) is 455 cm³/mol. The lowest BCUT2D eigenvalue weighted by atomic mass is 9.33. The Morgan fingerprint density at radius 3 is 1.17 bits per heavy atom. The molecule has 5 nitrogen and oxygen atoms in total. The zero-order valence-electron chi connectivity index (χ0n) is 66.4. The molecule has 3 aromatic heterocycles. The van der Waals surface area contributed by atoms with E-state index in [1.54, 1.807) is 0 Å². The molecular formula is C100H86BN5. The molecular weight excluding hydrogens is 1280 g/mol. The maximum absolute atomic E-state index is 10.1. The Kier molecular flexibility index (Phi) is 13.6. The second-order valence-electron chi connectivity index (χ2n) is 33.5. The smallest absolute Gasteiger partial charge is 0.252 e. The van der Waals surface area contributed by atoms with Crippen LogP contribution in [-0.4, -0.2) is 20.4 Å². The van der Waals surface area contributed by atoms with Crippen LogP contribution in [-0.2, 0) is 21.7 Å². The van der Waals surface area contributed by atoms with Crippen LogP contribution in [0.5, 0.6) is 0 Å². The van der Waals surface area contributed by atoms with Crippen molar-refractivity contribution in [1.29, 1.82) is 0 Å². The van der Waals surface area contributed by atoms with E-state index in [0.29, 0.717) is 10.9 Å². The predicted octanol–water partition coefficient (Wildman–Crippen LogP) is 25.3. The molecule has 2 aliphatic heterocycles. The SMILES string of the molecule is [2H]c1c([2H])c([2H])c2c(c1[2H])c1cc(-n3c4ccccc4c4ccccc43)ccc1n2-c1ccc2c(c1)N(c1ccccc1-c1ccccc1)c1cc(C(C)(C)C)cc3c1B2c1ccc(-n2c4ccc(C(C)(C)C)cc4c4cc(C(C)(C)C)ccc42)cc1N3c1c(-c2ccccc2)cc(C(C)(C)C)cc1-c1ccccc1. The van der Waals surface area contributed by atoms with E-state index in [2.05, 4.69) is 386 Å². The fraction of sp³-hybridized carbons (Fsp3) is 0.160. The molecule has 5 heterocycles. The van der Waals surface area contributed by atoms with Gasteiger partial charge in [-0.15, -0.1) is 0 Å². The number of hydrogen-bond acceptors (Lipinski definition) is 2.